The van der Waals surface area contributed by atoms with E-state index >= 15 is 0 Å². The number of hydrogen-bond donors (Lipinski definition) is 0. The third kappa shape index (κ3) is 4.39. The molecule has 0 bridgehead atoms. The molecule has 0 atom stereocenters. The minimum absolute atomic E-state index is 0. The summed E-state index contributed by atoms with van der Waals surface area (Å²) in [7, 11) is 0. The van der Waals surface area contributed by atoms with Crippen LogP contribution in [0.25, 0.3) is 22.3 Å². The molecule has 0 amide bonds. The zero-order valence-corrected chi connectivity index (χ0v) is 16.4. The fraction of sp³-hybridized carbons (Fsp3) is 0.0769. The molecule has 4 rings (SSSR count). The maximum absolute atomic E-state index is 12.7. The van der Waals surface area contributed by atoms with E-state index in [0.717, 1.165) is 22.3 Å². The average molecular weight is 373 g/mol. The van der Waals surface area contributed by atoms with Gasteiger partial charge < -0.3 is 10.2 Å². The summed E-state index contributed by atoms with van der Waals surface area (Å²) in [5.41, 5.74) is 6.10. The quantitative estimate of drug-likeness (QED) is 0.487. The Balaban J connectivity index is 0.00000240. The van der Waals surface area contributed by atoms with Crippen molar-refractivity contribution in [3.63, 3.8) is 0 Å². The minimum Gasteiger partial charge on any atom is -0.872 e. The van der Waals surface area contributed by atoms with Gasteiger partial charge in [-0.1, -0.05) is 108 Å². The van der Waals surface area contributed by atoms with Crippen LogP contribution < -0.4 is 10.2 Å². The van der Waals surface area contributed by atoms with Crippen LogP contribution in [0.1, 0.15) is 16.7 Å². The van der Waals surface area contributed by atoms with Crippen LogP contribution in [0, 0.1) is 6.92 Å². The molecule has 0 spiro atoms. The van der Waals surface area contributed by atoms with Crippen LogP contribution in [-0.2, 0) is 6.42 Å². The molecule has 138 valence electrons. The molecule has 4 aromatic carbocycles. The molecular weight excluding hydrogens is 353 g/mol. The minimum atomic E-state index is -0.0400. The standard InChI is InChI=1S/C26H22O2.Be/c1-18-14-22(20-10-6-3-7-11-20)16-24(26(18)28)17-23-15-21(12-13-25(23)27)19-8-4-2-5-9-19;/h2-16,27-28H,17H2,1H3;/q;+2/p-2. The van der Waals surface area contributed by atoms with Crippen molar-refractivity contribution in [1.82, 2.24) is 0 Å². The zero-order valence-electron chi connectivity index (χ0n) is 16.4. The molecule has 0 heterocycles. The normalized spacial score (nSPS) is 10.4. The average Bonchev–Trinajstić information content (AvgIpc) is 2.74. The van der Waals surface area contributed by atoms with Crippen molar-refractivity contribution in [2.24, 2.45) is 0 Å². The van der Waals surface area contributed by atoms with Gasteiger partial charge in [-0.15, -0.1) is 11.5 Å². The SMILES string of the molecule is Cc1cc(-c2ccccc2)cc(Cc2cc(-c3ccccc3)ccc2[O-])c1[O-].[Be+2]. The second kappa shape index (κ2) is 8.77. The molecule has 0 radical (unpaired) electrons. The van der Waals surface area contributed by atoms with Crippen molar-refractivity contribution in [1.29, 1.82) is 0 Å². The van der Waals surface area contributed by atoms with E-state index < -0.39 is 0 Å². The molecule has 0 saturated carbocycles. The first-order chi connectivity index (χ1) is 13.6. The van der Waals surface area contributed by atoms with Gasteiger partial charge in [0.1, 0.15) is 0 Å². The molecule has 2 nitrogen and oxygen atoms in total. The molecule has 0 unspecified atom stereocenters. The van der Waals surface area contributed by atoms with E-state index in [1.165, 1.54) is 0 Å². The molecule has 0 saturated heterocycles. The van der Waals surface area contributed by atoms with Crippen molar-refractivity contribution >= 4 is 10.1 Å². The van der Waals surface area contributed by atoms with E-state index in [1.807, 2.05) is 91.9 Å². The number of aryl methyl sites for hydroxylation is 1. The van der Waals surface area contributed by atoms with Crippen molar-refractivity contribution in [2.75, 3.05) is 0 Å². The maximum atomic E-state index is 12.7. The number of benzene rings is 4. The van der Waals surface area contributed by atoms with E-state index in [9.17, 15) is 10.2 Å². The van der Waals surface area contributed by atoms with Gasteiger partial charge in [-0.25, -0.2) is 0 Å². The summed E-state index contributed by atoms with van der Waals surface area (Å²) in [5.74, 6) is -0.0361. The van der Waals surface area contributed by atoms with E-state index in [1.54, 1.807) is 6.07 Å². The third-order valence-corrected chi connectivity index (χ3v) is 5.01. The van der Waals surface area contributed by atoms with Gasteiger partial charge in [0.05, 0.1) is 0 Å². The second-order valence-electron chi connectivity index (χ2n) is 7.01. The molecule has 3 heteroatoms. The van der Waals surface area contributed by atoms with Crippen LogP contribution in [0.2, 0.25) is 0 Å². The van der Waals surface area contributed by atoms with Crippen molar-refractivity contribution in [2.45, 2.75) is 13.3 Å². The second-order valence-corrected chi connectivity index (χ2v) is 7.01. The molecule has 4 aromatic rings. The smallest absolute Gasteiger partial charge is 0.872 e. The molecule has 0 aliphatic heterocycles. The summed E-state index contributed by atoms with van der Waals surface area (Å²) in [6, 6.07) is 29.1. The Morgan fingerprint density at radius 3 is 1.76 bits per heavy atom. The summed E-state index contributed by atoms with van der Waals surface area (Å²) in [5, 5.41) is 25.2. The van der Waals surface area contributed by atoms with Gasteiger partial charge in [-0.3, -0.25) is 0 Å². The fourth-order valence-electron chi connectivity index (χ4n) is 3.51. The van der Waals surface area contributed by atoms with E-state index in [-0.39, 0.29) is 21.6 Å². The van der Waals surface area contributed by atoms with Gasteiger partial charge in [-0.05, 0) is 35.6 Å². The van der Waals surface area contributed by atoms with Crippen molar-refractivity contribution in [3.8, 4) is 33.8 Å². The molecule has 0 aliphatic carbocycles. The van der Waals surface area contributed by atoms with Crippen LogP contribution >= 0.6 is 0 Å². The Bertz CT molecular complexity index is 1110. The zero-order chi connectivity index (χ0) is 19.5. The Morgan fingerprint density at radius 1 is 0.586 bits per heavy atom. The van der Waals surface area contributed by atoms with Crippen LogP contribution in [0.5, 0.6) is 11.5 Å². The third-order valence-electron chi connectivity index (χ3n) is 5.01. The van der Waals surface area contributed by atoms with Gasteiger partial charge in [0.15, 0.2) is 0 Å². The monoisotopic (exact) mass is 373 g/mol. The summed E-state index contributed by atoms with van der Waals surface area (Å²) in [6.45, 7) is 1.83. The predicted octanol–water partition coefficient (Wildman–Crippen LogP) is 4.69. The summed E-state index contributed by atoms with van der Waals surface area (Å²) in [6.07, 6.45) is 0.333. The van der Waals surface area contributed by atoms with Gasteiger partial charge in [0.25, 0.3) is 0 Å². The topological polar surface area (TPSA) is 46.1 Å². The van der Waals surface area contributed by atoms with Crippen LogP contribution in [-0.4, -0.2) is 10.1 Å². The van der Waals surface area contributed by atoms with Crippen molar-refractivity contribution < 1.29 is 10.2 Å². The first-order valence-electron chi connectivity index (χ1n) is 9.33. The van der Waals surface area contributed by atoms with E-state index in [2.05, 4.69) is 0 Å². The molecule has 0 aromatic heterocycles. The first kappa shape index (κ1) is 20.4. The molecule has 0 fully saturated rings. The van der Waals surface area contributed by atoms with E-state index in [0.29, 0.717) is 23.1 Å². The summed E-state index contributed by atoms with van der Waals surface area (Å²) < 4.78 is 0. The Hall–Kier alpha value is -3.35. The van der Waals surface area contributed by atoms with Gasteiger partial charge in [0.2, 0.25) is 0 Å². The molecule has 29 heavy (non-hydrogen) atoms. The number of rotatable bonds is 4. The van der Waals surface area contributed by atoms with Crippen LogP contribution in [0.15, 0.2) is 91.0 Å². The molecule has 0 aliphatic rings. The Morgan fingerprint density at radius 2 is 1.14 bits per heavy atom. The van der Waals surface area contributed by atoms with Gasteiger partial charge >= 0.3 is 10.1 Å². The predicted molar refractivity (Wildman–Crippen MR) is 116 cm³/mol. The first-order valence-corrected chi connectivity index (χ1v) is 9.33. The van der Waals surface area contributed by atoms with E-state index in [4.69, 9.17) is 0 Å². The van der Waals surface area contributed by atoms with Crippen LogP contribution in [0.4, 0.5) is 0 Å². The van der Waals surface area contributed by atoms with Gasteiger partial charge in [-0.2, -0.15) is 0 Å². The van der Waals surface area contributed by atoms with Crippen molar-refractivity contribution in [3.05, 3.63) is 108 Å². The summed E-state index contributed by atoms with van der Waals surface area (Å²) in [4.78, 5) is 0. The Kier molecular flexibility index (Phi) is 6.16. The fourth-order valence-corrected chi connectivity index (χ4v) is 3.51. The molecule has 0 N–H and O–H groups in total. The maximum Gasteiger partial charge on any atom is 2.00 e. The largest absolute Gasteiger partial charge is 2.00 e. The Labute approximate surface area is 175 Å². The number of hydrogen-bond acceptors (Lipinski definition) is 2. The van der Waals surface area contributed by atoms with Gasteiger partial charge in [0, 0.05) is 0 Å². The summed E-state index contributed by atoms with van der Waals surface area (Å²) >= 11 is 0. The van der Waals surface area contributed by atoms with Crippen LogP contribution in [0.3, 0.4) is 0 Å². The molecular formula is C26H20BeO2.